The van der Waals surface area contributed by atoms with Crippen LogP contribution < -0.4 is 4.90 Å². The second kappa shape index (κ2) is 12.1. The van der Waals surface area contributed by atoms with E-state index >= 15 is 0 Å². The van der Waals surface area contributed by atoms with Crippen molar-refractivity contribution in [2.24, 2.45) is 0 Å². The van der Waals surface area contributed by atoms with Gasteiger partial charge in [0, 0.05) is 22.5 Å². The molecule has 0 aliphatic heterocycles. The minimum Gasteiger partial charge on any atom is -0.311 e. The number of nitrogens with zero attached hydrogens (tertiary/aromatic N) is 1. The standard InChI is InChI=1S/C49H37N/c1-49(2)45-20-12-17-38-25-31-43(48(47(38)45)44-32-26-39(33-46(44)49)35-15-8-4-9-16-35)37-23-29-42(30-24-37)50(40-18-10-5-11-19-40)41-27-21-36(22-28-41)34-13-6-3-7-14-34/h3-33H,1-2H3. The number of hydrogen-bond acceptors (Lipinski definition) is 1. The summed E-state index contributed by atoms with van der Waals surface area (Å²) >= 11 is 0. The van der Waals surface area contributed by atoms with Gasteiger partial charge in [-0.1, -0.05) is 159 Å². The average molecular weight is 640 g/mol. The van der Waals surface area contributed by atoms with Gasteiger partial charge in [-0.25, -0.2) is 0 Å². The third kappa shape index (κ3) is 5.02. The molecule has 0 bridgehead atoms. The van der Waals surface area contributed by atoms with E-state index in [2.05, 4.69) is 207 Å². The lowest BCUT2D eigenvalue weighted by molar-refractivity contribution is 0.645. The van der Waals surface area contributed by atoms with Gasteiger partial charge in [-0.15, -0.1) is 0 Å². The van der Waals surface area contributed by atoms with Gasteiger partial charge in [0.05, 0.1) is 0 Å². The van der Waals surface area contributed by atoms with Gasteiger partial charge in [-0.2, -0.15) is 0 Å². The lowest BCUT2D eigenvalue weighted by Gasteiger charge is -2.36. The quantitative estimate of drug-likeness (QED) is 0.175. The highest BCUT2D eigenvalue weighted by atomic mass is 15.1. The fraction of sp³-hybridized carbons (Fsp3) is 0.0612. The van der Waals surface area contributed by atoms with Gasteiger partial charge in [-0.05, 0) is 109 Å². The van der Waals surface area contributed by atoms with E-state index in [0.29, 0.717) is 0 Å². The number of anilines is 3. The topological polar surface area (TPSA) is 3.24 Å². The zero-order valence-corrected chi connectivity index (χ0v) is 28.3. The normalized spacial score (nSPS) is 12.8. The van der Waals surface area contributed by atoms with Crippen LogP contribution in [0.25, 0.3) is 55.3 Å². The summed E-state index contributed by atoms with van der Waals surface area (Å²) in [5.41, 5.74) is 16.1. The summed E-state index contributed by atoms with van der Waals surface area (Å²) in [5, 5.41) is 2.65. The molecular formula is C49H37N. The molecule has 0 unspecified atom stereocenters. The van der Waals surface area contributed by atoms with Crippen LogP contribution in [0.2, 0.25) is 0 Å². The minimum atomic E-state index is -0.138. The number of benzene rings is 8. The van der Waals surface area contributed by atoms with Crippen LogP contribution in [0, 0.1) is 0 Å². The van der Waals surface area contributed by atoms with Crippen molar-refractivity contribution >= 4 is 27.8 Å². The Labute approximate surface area is 294 Å². The van der Waals surface area contributed by atoms with E-state index in [4.69, 9.17) is 0 Å². The highest BCUT2D eigenvalue weighted by Gasteiger charge is 2.35. The zero-order chi connectivity index (χ0) is 33.7. The summed E-state index contributed by atoms with van der Waals surface area (Å²) in [6, 6.07) is 68.4. The highest BCUT2D eigenvalue weighted by molar-refractivity contribution is 6.09. The van der Waals surface area contributed by atoms with E-state index in [1.54, 1.807) is 0 Å². The predicted octanol–water partition coefficient (Wildman–Crippen LogP) is 13.6. The molecule has 238 valence electrons. The van der Waals surface area contributed by atoms with Gasteiger partial charge in [0.2, 0.25) is 0 Å². The fourth-order valence-corrected chi connectivity index (χ4v) is 7.90. The summed E-state index contributed by atoms with van der Waals surface area (Å²) in [4.78, 5) is 2.34. The Kier molecular flexibility index (Phi) is 7.21. The summed E-state index contributed by atoms with van der Waals surface area (Å²) in [6.45, 7) is 4.76. The van der Waals surface area contributed by atoms with E-state index in [1.165, 1.54) is 66.4 Å². The first kappa shape index (κ1) is 29.9. The second-order valence-electron chi connectivity index (χ2n) is 13.8. The SMILES string of the molecule is CC1(C)c2cc(-c3ccccc3)ccc2-c2c(-c3ccc(N(c4ccccc4)c4ccc(-c5ccccc5)cc4)cc3)ccc3cccc1c23. The van der Waals surface area contributed by atoms with Crippen LogP contribution in [0.3, 0.4) is 0 Å². The molecule has 0 atom stereocenters. The van der Waals surface area contributed by atoms with Gasteiger partial charge in [0.1, 0.15) is 0 Å². The molecule has 1 nitrogen and oxygen atoms in total. The molecule has 1 heteroatoms. The molecule has 0 N–H and O–H groups in total. The molecule has 8 aromatic rings. The van der Waals surface area contributed by atoms with Gasteiger partial charge >= 0.3 is 0 Å². The van der Waals surface area contributed by atoms with Crippen LogP contribution in [0.1, 0.15) is 25.0 Å². The molecule has 0 radical (unpaired) electrons. The molecule has 1 aliphatic rings. The van der Waals surface area contributed by atoms with E-state index < -0.39 is 0 Å². The number of rotatable bonds is 6. The Morgan fingerprint density at radius 1 is 0.360 bits per heavy atom. The van der Waals surface area contributed by atoms with Crippen molar-refractivity contribution in [1.82, 2.24) is 0 Å². The van der Waals surface area contributed by atoms with E-state index in [1.807, 2.05) is 0 Å². The number of hydrogen-bond donors (Lipinski definition) is 0. The van der Waals surface area contributed by atoms with Crippen molar-refractivity contribution in [3.05, 3.63) is 199 Å². The number of fused-ring (bicyclic) bond motifs is 2. The monoisotopic (exact) mass is 639 g/mol. The second-order valence-corrected chi connectivity index (χ2v) is 13.8. The third-order valence-electron chi connectivity index (χ3n) is 10.5. The minimum absolute atomic E-state index is 0.138. The van der Waals surface area contributed by atoms with Crippen LogP contribution in [0.4, 0.5) is 17.1 Å². The Morgan fingerprint density at radius 3 is 1.50 bits per heavy atom. The first-order chi connectivity index (χ1) is 24.6. The summed E-state index contributed by atoms with van der Waals surface area (Å²) in [5.74, 6) is 0. The Hall–Kier alpha value is -6.18. The van der Waals surface area contributed by atoms with Gasteiger partial charge in [0.25, 0.3) is 0 Å². The van der Waals surface area contributed by atoms with Crippen molar-refractivity contribution in [2.75, 3.05) is 4.90 Å². The van der Waals surface area contributed by atoms with Gasteiger partial charge in [0.15, 0.2) is 0 Å². The number of para-hydroxylation sites is 1. The predicted molar refractivity (Wildman–Crippen MR) is 213 cm³/mol. The van der Waals surface area contributed by atoms with Crippen molar-refractivity contribution in [3.8, 4) is 44.5 Å². The molecule has 0 heterocycles. The Balaban J connectivity index is 1.16. The molecular weight excluding hydrogens is 603 g/mol. The maximum absolute atomic E-state index is 2.42. The van der Waals surface area contributed by atoms with Crippen LogP contribution in [0.15, 0.2) is 188 Å². The summed E-state index contributed by atoms with van der Waals surface area (Å²) < 4.78 is 0. The van der Waals surface area contributed by atoms with Crippen LogP contribution in [0.5, 0.6) is 0 Å². The Morgan fingerprint density at radius 2 is 0.860 bits per heavy atom. The van der Waals surface area contributed by atoms with E-state index in [9.17, 15) is 0 Å². The van der Waals surface area contributed by atoms with Crippen LogP contribution in [-0.2, 0) is 5.41 Å². The van der Waals surface area contributed by atoms with E-state index in [0.717, 1.165) is 17.1 Å². The van der Waals surface area contributed by atoms with Crippen molar-refractivity contribution in [1.29, 1.82) is 0 Å². The first-order valence-electron chi connectivity index (χ1n) is 17.4. The molecule has 1 aliphatic carbocycles. The molecule has 0 fully saturated rings. The van der Waals surface area contributed by atoms with Crippen molar-refractivity contribution < 1.29 is 0 Å². The molecule has 8 aromatic carbocycles. The molecule has 9 rings (SSSR count). The lowest BCUT2D eigenvalue weighted by atomic mass is 9.67. The fourth-order valence-electron chi connectivity index (χ4n) is 7.90. The van der Waals surface area contributed by atoms with Crippen molar-refractivity contribution in [3.63, 3.8) is 0 Å². The third-order valence-corrected chi connectivity index (χ3v) is 10.5. The van der Waals surface area contributed by atoms with Gasteiger partial charge < -0.3 is 4.90 Å². The summed E-state index contributed by atoms with van der Waals surface area (Å²) in [7, 11) is 0. The van der Waals surface area contributed by atoms with Crippen LogP contribution in [-0.4, -0.2) is 0 Å². The van der Waals surface area contributed by atoms with Crippen LogP contribution >= 0.6 is 0 Å². The van der Waals surface area contributed by atoms with Crippen molar-refractivity contribution in [2.45, 2.75) is 19.3 Å². The van der Waals surface area contributed by atoms with E-state index in [-0.39, 0.29) is 5.41 Å². The molecule has 0 spiro atoms. The van der Waals surface area contributed by atoms with Gasteiger partial charge in [-0.3, -0.25) is 0 Å². The smallest absolute Gasteiger partial charge is 0.0462 e. The maximum Gasteiger partial charge on any atom is 0.0462 e. The molecule has 0 saturated carbocycles. The molecule has 0 aromatic heterocycles. The largest absolute Gasteiger partial charge is 0.311 e. The lowest BCUT2D eigenvalue weighted by Crippen LogP contribution is -2.24. The molecule has 0 amide bonds. The first-order valence-corrected chi connectivity index (χ1v) is 17.4. The highest BCUT2D eigenvalue weighted by Crippen LogP contribution is 2.52. The average Bonchev–Trinajstić information content (AvgIpc) is 3.18. The zero-order valence-electron chi connectivity index (χ0n) is 28.3. The molecule has 0 saturated heterocycles. The Bertz CT molecular complexity index is 2460. The summed E-state index contributed by atoms with van der Waals surface area (Å²) in [6.07, 6.45) is 0. The maximum atomic E-state index is 2.42. The molecule has 50 heavy (non-hydrogen) atoms.